The summed E-state index contributed by atoms with van der Waals surface area (Å²) in [4.78, 5) is 25.1. The van der Waals surface area contributed by atoms with Gasteiger partial charge in [-0.3, -0.25) is 4.79 Å². The lowest BCUT2D eigenvalue weighted by atomic mass is 10.0. The molecular formula is C12H12Cl2N2O2. The number of rotatable bonds is 2. The van der Waals surface area contributed by atoms with Gasteiger partial charge in [0.2, 0.25) is 5.91 Å². The molecule has 0 radical (unpaired) electrons. The Bertz CT molecular complexity index is 485. The van der Waals surface area contributed by atoms with E-state index in [1.54, 1.807) is 18.2 Å². The Morgan fingerprint density at radius 2 is 1.89 bits per heavy atom. The second kappa shape index (κ2) is 5.16. The van der Waals surface area contributed by atoms with E-state index in [4.69, 9.17) is 23.2 Å². The van der Waals surface area contributed by atoms with Crippen molar-refractivity contribution in [3.8, 4) is 0 Å². The topological polar surface area (TPSA) is 49.4 Å². The van der Waals surface area contributed by atoms with Crippen LogP contribution in [0.4, 0.5) is 10.5 Å². The molecule has 0 bridgehead atoms. The van der Waals surface area contributed by atoms with Crippen LogP contribution in [0.3, 0.4) is 0 Å². The molecule has 6 heteroatoms. The summed E-state index contributed by atoms with van der Waals surface area (Å²) < 4.78 is 0. The first kappa shape index (κ1) is 13.2. The maximum atomic E-state index is 12.2. The standard InChI is InChI=1S/C12H12Cl2N2O2/c1-2-7-6-15-12(18)16(11(7)17)10-4-8(13)3-9(14)5-10/h3-5,7H,2,6H2,1H3,(H,15,18). The fraction of sp³-hybridized carbons (Fsp3) is 0.333. The molecule has 1 heterocycles. The van der Waals surface area contributed by atoms with E-state index < -0.39 is 6.03 Å². The smallest absolute Gasteiger partial charge is 0.328 e. The van der Waals surface area contributed by atoms with Crippen LogP contribution in [0, 0.1) is 5.92 Å². The highest BCUT2D eigenvalue weighted by molar-refractivity contribution is 6.35. The number of anilines is 1. The van der Waals surface area contributed by atoms with E-state index in [0.717, 1.165) is 4.90 Å². The maximum absolute atomic E-state index is 12.2. The van der Waals surface area contributed by atoms with Gasteiger partial charge in [-0.05, 0) is 24.6 Å². The predicted molar refractivity (Wildman–Crippen MR) is 71.1 cm³/mol. The van der Waals surface area contributed by atoms with Crippen molar-refractivity contribution >= 4 is 40.8 Å². The number of carbonyl (C=O) groups is 2. The van der Waals surface area contributed by atoms with Crippen LogP contribution in [0.15, 0.2) is 18.2 Å². The predicted octanol–water partition coefficient (Wildman–Crippen LogP) is 3.08. The molecule has 1 N–H and O–H groups in total. The van der Waals surface area contributed by atoms with Gasteiger partial charge in [0, 0.05) is 16.6 Å². The van der Waals surface area contributed by atoms with Crippen LogP contribution in [0.1, 0.15) is 13.3 Å². The lowest BCUT2D eigenvalue weighted by Gasteiger charge is -2.31. The first-order valence-electron chi connectivity index (χ1n) is 5.60. The van der Waals surface area contributed by atoms with Crippen molar-refractivity contribution in [1.82, 2.24) is 5.32 Å². The van der Waals surface area contributed by atoms with Gasteiger partial charge in [0.1, 0.15) is 0 Å². The summed E-state index contributed by atoms with van der Waals surface area (Å²) in [7, 11) is 0. The van der Waals surface area contributed by atoms with Crippen LogP contribution in [-0.2, 0) is 4.79 Å². The monoisotopic (exact) mass is 286 g/mol. The zero-order valence-corrected chi connectivity index (χ0v) is 11.3. The average Bonchev–Trinajstić information content (AvgIpc) is 2.28. The van der Waals surface area contributed by atoms with Gasteiger partial charge in [0.15, 0.2) is 0 Å². The minimum absolute atomic E-state index is 0.208. The van der Waals surface area contributed by atoms with Gasteiger partial charge in [0.05, 0.1) is 11.6 Å². The number of carbonyl (C=O) groups excluding carboxylic acids is 2. The summed E-state index contributed by atoms with van der Waals surface area (Å²) in [5.41, 5.74) is 0.396. The van der Waals surface area contributed by atoms with Crippen LogP contribution >= 0.6 is 23.2 Å². The Morgan fingerprint density at radius 1 is 1.28 bits per heavy atom. The third-order valence-corrected chi connectivity index (χ3v) is 3.31. The highest BCUT2D eigenvalue weighted by Gasteiger charge is 2.34. The van der Waals surface area contributed by atoms with Crippen molar-refractivity contribution in [3.63, 3.8) is 0 Å². The zero-order valence-electron chi connectivity index (χ0n) is 9.74. The van der Waals surface area contributed by atoms with E-state index in [-0.39, 0.29) is 11.8 Å². The Morgan fingerprint density at radius 3 is 2.44 bits per heavy atom. The van der Waals surface area contributed by atoms with Crippen LogP contribution in [-0.4, -0.2) is 18.5 Å². The minimum Gasteiger partial charge on any atom is -0.337 e. The molecule has 3 amide bonds. The first-order chi connectivity index (χ1) is 8.52. The summed E-state index contributed by atoms with van der Waals surface area (Å²) in [5, 5.41) is 3.45. The van der Waals surface area contributed by atoms with Gasteiger partial charge in [-0.15, -0.1) is 0 Å². The second-order valence-corrected chi connectivity index (χ2v) is 4.97. The minimum atomic E-state index is -0.442. The molecule has 0 aliphatic carbocycles. The number of halogens is 2. The van der Waals surface area contributed by atoms with Crippen molar-refractivity contribution in [2.75, 3.05) is 11.4 Å². The van der Waals surface area contributed by atoms with Crippen LogP contribution < -0.4 is 10.2 Å². The van der Waals surface area contributed by atoms with Crippen molar-refractivity contribution in [3.05, 3.63) is 28.2 Å². The molecule has 1 fully saturated rings. The van der Waals surface area contributed by atoms with Crippen molar-refractivity contribution in [2.24, 2.45) is 5.92 Å². The summed E-state index contributed by atoms with van der Waals surface area (Å²) >= 11 is 11.8. The fourth-order valence-electron chi connectivity index (χ4n) is 1.89. The molecular weight excluding hydrogens is 275 g/mol. The number of imide groups is 1. The third-order valence-electron chi connectivity index (χ3n) is 2.87. The molecule has 1 aromatic carbocycles. The largest absolute Gasteiger partial charge is 0.337 e. The molecule has 0 spiro atoms. The molecule has 4 nitrogen and oxygen atoms in total. The molecule has 1 saturated heterocycles. The Hall–Kier alpha value is -1.26. The van der Waals surface area contributed by atoms with E-state index in [1.165, 1.54) is 0 Å². The second-order valence-electron chi connectivity index (χ2n) is 4.09. The number of hydrogen-bond donors (Lipinski definition) is 1. The number of hydrogen-bond acceptors (Lipinski definition) is 2. The molecule has 1 aliphatic rings. The Labute approximate surface area is 115 Å². The molecule has 1 atom stereocenters. The SMILES string of the molecule is CCC1CNC(=O)N(c2cc(Cl)cc(Cl)c2)C1=O. The molecule has 2 rings (SSSR count). The number of benzene rings is 1. The molecule has 0 saturated carbocycles. The quantitative estimate of drug-likeness (QED) is 0.908. The highest BCUT2D eigenvalue weighted by Crippen LogP contribution is 2.28. The summed E-state index contributed by atoms with van der Waals surface area (Å²) in [6.07, 6.45) is 0.671. The lowest BCUT2D eigenvalue weighted by Crippen LogP contribution is -2.55. The Kier molecular flexibility index (Phi) is 3.78. The van der Waals surface area contributed by atoms with Gasteiger partial charge in [-0.25, -0.2) is 9.69 Å². The van der Waals surface area contributed by atoms with E-state index in [9.17, 15) is 9.59 Å². The molecule has 1 unspecified atom stereocenters. The maximum Gasteiger partial charge on any atom is 0.328 e. The van der Waals surface area contributed by atoms with Gasteiger partial charge in [0.25, 0.3) is 0 Å². The summed E-state index contributed by atoms with van der Waals surface area (Å²) in [6.45, 7) is 2.28. The van der Waals surface area contributed by atoms with E-state index in [2.05, 4.69) is 5.32 Å². The number of nitrogens with one attached hydrogen (secondary N) is 1. The van der Waals surface area contributed by atoms with Crippen LogP contribution in [0.2, 0.25) is 10.0 Å². The third kappa shape index (κ3) is 2.44. The van der Waals surface area contributed by atoms with Gasteiger partial charge in [-0.1, -0.05) is 30.1 Å². The summed E-state index contributed by atoms with van der Waals surface area (Å²) in [6, 6.07) is 4.20. The lowest BCUT2D eigenvalue weighted by molar-refractivity contribution is -0.122. The van der Waals surface area contributed by atoms with Crippen molar-refractivity contribution < 1.29 is 9.59 Å². The normalized spacial score (nSPS) is 19.9. The summed E-state index contributed by atoms with van der Waals surface area (Å²) in [5.74, 6) is -0.431. The fourth-order valence-corrected chi connectivity index (χ4v) is 2.41. The molecule has 1 aliphatic heterocycles. The van der Waals surface area contributed by atoms with Gasteiger partial charge >= 0.3 is 6.03 Å². The number of amides is 3. The van der Waals surface area contributed by atoms with E-state index in [0.29, 0.717) is 28.7 Å². The Balaban J connectivity index is 2.40. The highest BCUT2D eigenvalue weighted by atomic mass is 35.5. The molecule has 18 heavy (non-hydrogen) atoms. The zero-order chi connectivity index (χ0) is 13.3. The molecule has 0 aromatic heterocycles. The van der Waals surface area contributed by atoms with Crippen molar-refractivity contribution in [1.29, 1.82) is 0 Å². The van der Waals surface area contributed by atoms with E-state index in [1.807, 2.05) is 6.92 Å². The van der Waals surface area contributed by atoms with Gasteiger partial charge < -0.3 is 5.32 Å². The number of nitrogens with zero attached hydrogens (tertiary/aromatic N) is 1. The molecule has 1 aromatic rings. The average molecular weight is 287 g/mol. The van der Waals surface area contributed by atoms with Gasteiger partial charge in [-0.2, -0.15) is 0 Å². The van der Waals surface area contributed by atoms with Crippen LogP contribution in [0.5, 0.6) is 0 Å². The number of urea groups is 1. The van der Waals surface area contributed by atoms with E-state index >= 15 is 0 Å². The van der Waals surface area contributed by atoms with Crippen LogP contribution in [0.25, 0.3) is 0 Å². The first-order valence-corrected chi connectivity index (χ1v) is 6.36. The van der Waals surface area contributed by atoms with Crippen molar-refractivity contribution in [2.45, 2.75) is 13.3 Å². The molecule has 96 valence electrons.